The van der Waals surface area contributed by atoms with E-state index in [0.29, 0.717) is 34.9 Å². The van der Waals surface area contributed by atoms with Crippen LogP contribution in [0.1, 0.15) is 16.8 Å². The molecule has 0 atom stereocenters. The zero-order valence-electron chi connectivity index (χ0n) is 20.2. The zero-order chi connectivity index (χ0) is 23.9. The van der Waals surface area contributed by atoms with Crippen LogP contribution >= 0.6 is 0 Å². The van der Waals surface area contributed by atoms with Gasteiger partial charge in [0, 0.05) is 44.5 Å². The molecule has 2 aromatic carbocycles. The number of carbonyl (C=O) groups is 1. The van der Waals surface area contributed by atoms with Crippen LogP contribution in [0.15, 0.2) is 54.7 Å². The molecule has 0 unspecified atom stereocenters. The molecule has 34 heavy (non-hydrogen) atoms. The topological polar surface area (TPSA) is 71.9 Å². The van der Waals surface area contributed by atoms with E-state index in [0.717, 1.165) is 44.8 Å². The molecule has 0 bridgehead atoms. The number of ether oxygens (including phenoxy) is 2. The summed E-state index contributed by atoms with van der Waals surface area (Å²) < 4.78 is 12.7. The van der Waals surface area contributed by atoms with Gasteiger partial charge in [-0.2, -0.15) is 5.10 Å². The van der Waals surface area contributed by atoms with Crippen LogP contribution in [0.4, 0.5) is 0 Å². The van der Waals surface area contributed by atoms with Crippen molar-refractivity contribution < 1.29 is 14.3 Å². The molecule has 8 nitrogen and oxygen atoms in total. The summed E-state index contributed by atoms with van der Waals surface area (Å²) in [5.41, 5.74) is 2.63. The smallest absolute Gasteiger partial charge is 0.255 e. The fourth-order valence-electron chi connectivity index (χ4n) is 4.12. The number of para-hydroxylation sites is 1. The number of methoxy groups -OCH3 is 2. The molecule has 2 heterocycles. The van der Waals surface area contributed by atoms with Crippen LogP contribution in [0.2, 0.25) is 0 Å². The quantitative estimate of drug-likeness (QED) is 0.492. The lowest BCUT2D eigenvalue weighted by molar-refractivity contribution is 0.0950. The average molecular weight is 464 g/mol. The molecule has 1 saturated heterocycles. The minimum atomic E-state index is -0.152. The number of hydrogen-bond donors (Lipinski definition) is 1. The van der Waals surface area contributed by atoms with Gasteiger partial charge in [-0.1, -0.05) is 18.2 Å². The Kier molecular flexibility index (Phi) is 7.82. The van der Waals surface area contributed by atoms with Crippen molar-refractivity contribution in [2.24, 2.45) is 0 Å². The fourth-order valence-corrected chi connectivity index (χ4v) is 4.12. The van der Waals surface area contributed by atoms with E-state index in [1.54, 1.807) is 25.1 Å². The molecule has 0 saturated carbocycles. The molecular weight excluding hydrogens is 430 g/mol. The summed E-state index contributed by atoms with van der Waals surface area (Å²) in [5.74, 6) is 1.15. The first kappa shape index (κ1) is 23.8. The summed E-state index contributed by atoms with van der Waals surface area (Å²) in [7, 11) is 5.38. The van der Waals surface area contributed by atoms with Crippen molar-refractivity contribution in [1.29, 1.82) is 0 Å². The minimum Gasteiger partial charge on any atom is -0.497 e. The van der Waals surface area contributed by atoms with E-state index < -0.39 is 0 Å². The molecule has 3 aromatic rings. The first-order valence-electron chi connectivity index (χ1n) is 11.7. The summed E-state index contributed by atoms with van der Waals surface area (Å²) in [4.78, 5) is 18.1. The number of likely N-dealkylation sites (N-methyl/N-ethyl adjacent to an activating group) is 1. The Morgan fingerprint density at radius 2 is 1.79 bits per heavy atom. The molecule has 0 aliphatic carbocycles. The molecule has 8 heteroatoms. The lowest BCUT2D eigenvalue weighted by Crippen LogP contribution is -2.45. The van der Waals surface area contributed by atoms with Gasteiger partial charge in [-0.25, -0.2) is 4.68 Å². The van der Waals surface area contributed by atoms with Gasteiger partial charge in [0.2, 0.25) is 0 Å². The monoisotopic (exact) mass is 463 g/mol. The molecule has 1 aromatic heterocycles. The van der Waals surface area contributed by atoms with Crippen molar-refractivity contribution in [2.75, 3.05) is 60.5 Å². The van der Waals surface area contributed by atoms with Gasteiger partial charge in [-0.15, -0.1) is 0 Å². The maximum absolute atomic E-state index is 13.3. The number of benzene rings is 2. The van der Waals surface area contributed by atoms with E-state index in [9.17, 15) is 4.79 Å². The number of amides is 1. The Bertz CT molecular complexity index is 1090. The molecule has 1 aliphatic rings. The molecule has 1 aliphatic heterocycles. The van der Waals surface area contributed by atoms with E-state index in [2.05, 4.69) is 22.2 Å². The Labute approximate surface area is 201 Å². The number of carbonyl (C=O) groups excluding carboxylic acids is 1. The van der Waals surface area contributed by atoms with Gasteiger partial charge in [0.05, 0.1) is 25.5 Å². The maximum atomic E-state index is 13.3. The molecule has 0 spiro atoms. The summed E-state index contributed by atoms with van der Waals surface area (Å²) in [6, 6.07) is 15.3. The second-order valence-corrected chi connectivity index (χ2v) is 8.49. The molecule has 1 amide bonds. The van der Waals surface area contributed by atoms with E-state index in [1.165, 1.54) is 0 Å². The summed E-state index contributed by atoms with van der Waals surface area (Å²) in [6.07, 6.45) is 2.68. The number of nitrogens with one attached hydrogen (secondary N) is 1. The van der Waals surface area contributed by atoms with Crippen molar-refractivity contribution in [2.45, 2.75) is 6.42 Å². The van der Waals surface area contributed by atoms with E-state index in [1.807, 2.05) is 48.5 Å². The molecule has 4 rings (SSSR count). The summed E-state index contributed by atoms with van der Waals surface area (Å²) >= 11 is 0. The van der Waals surface area contributed by atoms with Crippen LogP contribution in [0.25, 0.3) is 16.9 Å². The predicted octanol–water partition coefficient (Wildman–Crippen LogP) is 2.92. The maximum Gasteiger partial charge on any atom is 0.255 e. The highest BCUT2D eigenvalue weighted by atomic mass is 16.5. The normalized spacial score (nSPS) is 14.7. The lowest BCUT2D eigenvalue weighted by Gasteiger charge is -2.32. The van der Waals surface area contributed by atoms with Gasteiger partial charge in [0.15, 0.2) is 0 Å². The van der Waals surface area contributed by atoms with Gasteiger partial charge >= 0.3 is 0 Å². The molecule has 1 N–H and O–H groups in total. The summed E-state index contributed by atoms with van der Waals surface area (Å²) in [6.45, 7) is 5.93. The van der Waals surface area contributed by atoms with Crippen molar-refractivity contribution in [3.05, 3.63) is 60.3 Å². The third-order valence-electron chi connectivity index (χ3n) is 6.17. The third-order valence-corrected chi connectivity index (χ3v) is 6.17. The fraction of sp³-hybridized carbons (Fsp3) is 0.385. The second kappa shape index (κ2) is 11.2. The zero-order valence-corrected chi connectivity index (χ0v) is 20.2. The number of rotatable bonds is 9. The van der Waals surface area contributed by atoms with Gasteiger partial charge < -0.3 is 24.6 Å². The Balaban J connectivity index is 1.55. The Morgan fingerprint density at radius 3 is 2.50 bits per heavy atom. The molecule has 1 fully saturated rings. The van der Waals surface area contributed by atoms with Crippen molar-refractivity contribution in [1.82, 2.24) is 24.9 Å². The summed E-state index contributed by atoms with van der Waals surface area (Å²) in [5, 5.41) is 7.86. The van der Waals surface area contributed by atoms with Gasteiger partial charge in [-0.05, 0) is 50.3 Å². The van der Waals surface area contributed by atoms with Crippen LogP contribution in [0.5, 0.6) is 11.5 Å². The highest BCUT2D eigenvalue weighted by molar-refractivity contribution is 6.00. The van der Waals surface area contributed by atoms with Crippen LogP contribution in [0, 0.1) is 0 Å². The van der Waals surface area contributed by atoms with Crippen molar-refractivity contribution in [3.63, 3.8) is 0 Å². The lowest BCUT2D eigenvalue weighted by atomic mass is 10.1. The third kappa shape index (κ3) is 5.58. The SMILES string of the molecule is COc1ccc(OC)c(-c2nn(-c3ccccc3)cc2C(=O)NCCCN2CCN(C)CC2)c1. The average Bonchev–Trinajstić information content (AvgIpc) is 3.33. The number of piperazine rings is 1. The van der Waals surface area contributed by atoms with Gasteiger partial charge in [0.1, 0.15) is 17.2 Å². The van der Waals surface area contributed by atoms with Crippen LogP contribution in [-0.2, 0) is 0 Å². The van der Waals surface area contributed by atoms with Crippen LogP contribution < -0.4 is 14.8 Å². The number of aromatic nitrogens is 2. The van der Waals surface area contributed by atoms with E-state index in [4.69, 9.17) is 14.6 Å². The molecule has 0 radical (unpaired) electrons. The minimum absolute atomic E-state index is 0.152. The van der Waals surface area contributed by atoms with Crippen molar-refractivity contribution in [3.8, 4) is 28.4 Å². The Hall–Kier alpha value is -3.36. The molecule has 180 valence electrons. The van der Waals surface area contributed by atoms with Crippen LogP contribution in [0.3, 0.4) is 0 Å². The van der Waals surface area contributed by atoms with E-state index >= 15 is 0 Å². The van der Waals surface area contributed by atoms with Crippen LogP contribution in [-0.4, -0.2) is 86.0 Å². The predicted molar refractivity (Wildman–Crippen MR) is 133 cm³/mol. The highest BCUT2D eigenvalue weighted by Crippen LogP contribution is 2.35. The van der Waals surface area contributed by atoms with Crippen molar-refractivity contribution >= 4 is 5.91 Å². The number of nitrogens with zero attached hydrogens (tertiary/aromatic N) is 4. The second-order valence-electron chi connectivity index (χ2n) is 8.49. The largest absolute Gasteiger partial charge is 0.497 e. The van der Waals surface area contributed by atoms with Gasteiger partial charge in [-0.3, -0.25) is 4.79 Å². The van der Waals surface area contributed by atoms with Gasteiger partial charge in [0.25, 0.3) is 5.91 Å². The molecular formula is C26H33N5O3. The standard InChI is InChI=1S/C26H33N5O3/c1-29-14-16-30(17-15-29)13-7-12-27-26(32)23-19-31(20-8-5-4-6-9-20)28-25(23)22-18-21(33-2)10-11-24(22)34-3/h4-6,8-11,18-19H,7,12-17H2,1-3H3,(H,27,32). The Morgan fingerprint density at radius 1 is 1.03 bits per heavy atom. The van der Waals surface area contributed by atoms with E-state index in [-0.39, 0.29) is 5.91 Å². The first-order valence-corrected chi connectivity index (χ1v) is 11.7. The first-order chi connectivity index (χ1) is 16.6. The highest BCUT2D eigenvalue weighted by Gasteiger charge is 2.22. The number of hydrogen-bond acceptors (Lipinski definition) is 6.